The highest BCUT2D eigenvalue weighted by atomic mass is 127. The van der Waals surface area contributed by atoms with Crippen LogP contribution in [0.1, 0.15) is 29.5 Å². The van der Waals surface area contributed by atoms with Gasteiger partial charge in [0.1, 0.15) is 18.1 Å². The third-order valence-electron chi connectivity index (χ3n) is 4.68. The molecule has 0 fully saturated rings. The van der Waals surface area contributed by atoms with E-state index in [1.807, 2.05) is 24.3 Å². The van der Waals surface area contributed by atoms with E-state index in [1.165, 1.54) is 5.56 Å². The van der Waals surface area contributed by atoms with Crippen LogP contribution in [0.4, 0.5) is 0 Å². The number of nitrogens with zero attached hydrogens (tertiary/aromatic N) is 1. The maximum Gasteiger partial charge on any atom is 0.191 e. The molecule has 0 spiro atoms. The summed E-state index contributed by atoms with van der Waals surface area (Å²) in [5, 5.41) is 6.76. The number of aryl methyl sites for hydroxylation is 1. The molecule has 7 heteroatoms. The number of hydrogen-bond donors (Lipinski definition) is 2. The lowest BCUT2D eigenvalue weighted by atomic mass is 10.0. The van der Waals surface area contributed by atoms with Crippen LogP contribution in [0, 0.1) is 6.92 Å². The van der Waals surface area contributed by atoms with Crippen molar-refractivity contribution in [3.63, 3.8) is 0 Å². The highest BCUT2D eigenvalue weighted by Gasteiger charge is 2.12. The van der Waals surface area contributed by atoms with Gasteiger partial charge in [-0.15, -0.1) is 24.0 Å². The summed E-state index contributed by atoms with van der Waals surface area (Å²) in [5.41, 5.74) is 3.41. The number of rotatable bonds is 10. The Morgan fingerprint density at radius 1 is 1.03 bits per heavy atom. The zero-order valence-corrected chi connectivity index (χ0v) is 20.9. The molecule has 0 saturated carbocycles. The topological polar surface area (TPSA) is 64.1 Å². The van der Waals surface area contributed by atoms with E-state index in [2.05, 4.69) is 47.7 Å². The SMILES string of the molecule is CN=C(NCc1ccc(C)cc1OCCOC)NCC(C)c1ccccc1OC.I. The Morgan fingerprint density at radius 2 is 1.80 bits per heavy atom. The molecule has 2 aromatic carbocycles. The van der Waals surface area contributed by atoms with Crippen LogP contribution in [0.2, 0.25) is 0 Å². The van der Waals surface area contributed by atoms with Crippen LogP contribution < -0.4 is 20.1 Å². The Bertz CT molecular complexity index is 799. The van der Waals surface area contributed by atoms with Gasteiger partial charge in [0.05, 0.1) is 13.7 Å². The van der Waals surface area contributed by atoms with Gasteiger partial charge in [-0.25, -0.2) is 0 Å². The fourth-order valence-electron chi connectivity index (χ4n) is 3.01. The van der Waals surface area contributed by atoms with Crippen LogP contribution in [-0.2, 0) is 11.3 Å². The van der Waals surface area contributed by atoms with Crippen molar-refractivity contribution in [2.45, 2.75) is 26.3 Å². The number of ether oxygens (including phenoxy) is 3. The smallest absolute Gasteiger partial charge is 0.191 e. The second-order valence-corrected chi connectivity index (χ2v) is 6.90. The molecular formula is C23H34IN3O3. The van der Waals surface area contributed by atoms with Gasteiger partial charge >= 0.3 is 0 Å². The van der Waals surface area contributed by atoms with Crippen LogP contribution in [0.3, 0.4) is 0 Å². The predicted molar refractivity (Wildman–Crippen MR) is 134 cm³/mol. The molecule has 0 aliphatic rings. The van der Waals surface area contributed by atoms with Crippen LogP contribution in [0.25, 0.3) is 0 Å². The second kappa shape index (κ2) is 14.1. The molecule has 1 atom stereocenters. The van der Waals surface area contributed by atoms with Gasteiger partial charge in [-0.2, -0.15) is 0 Å². The molecule has 0 amide bonds. The van der Waals surface area contributed by atoms with E-state index < -0.39 is 0 Å². The molecule has 0 aromatic heterocycles. The average molecular weight is 527 g/mol. The van der Waals surface area contributed by atoms with Crippen molar-refractivity contribution in [3.8, 4) is 11.5 Å². The highest BCUT2D eigenvalue weighted by molar-refractivity contribution is 14.0. The third-order valence-corrected chi connectivity index (χ3v) is 4.68. The second-order valence-electron chi connectivity index (χ2n) is 6.90. The quantitative estimate of drug-likeness (QED) is 0.211. The molecule has 0 aliphatic heterocycles. The first-order chi connectivity index (χ1) is 14.1. The number of benzene rings is 2. The number of aliphatic imine (C=N–C) groups is 1. The molecule has 2 N–H and O–H groups in total. The number of halogens is 1. The maximum atomic E-state index is 5.87. The molecule has 2 aromatic rings. The molecule has 0 heterocycles. The Balaban J connectivity index is 0.00000450. The fraction of sp³-hybridized carbons (Fsp3) is 0.435. The fourth-order valence-corrected chi connectivity index (χ4v) is 3.01. The van der Waals surface area contributed by atoms with Gasteiger partial charge < -0.3 is 24.8 Å². The van der Waals surface area contributed by atoms with Gasteiger partial charge in [0.15, 0.2) is 5.96 Å². The zero-order chi connectivity index (χ0) is 21.1. The summed E-state index contributed by atoms with van der Waals surface area (Å²) in [6.45, 7) is 6.66. The third kappa shape index (κ3) is 8.02. The number of para-hydroxylation sites is 1. The minimum absolute atomic E-state index is 0. The molecule has 0 bridgehead atoms. The van der Waals surface area contributed by atoms with Crippen molar-refractivity contribution in [2.24, 2.45) is 4.99 Å². The molecule has 166 valence electrons. The minimum Gasteiger partial charge on any atom is -0.496 e. The predicted octanol–water partition coefficient (Wildman–Crippen LogP) is 4.12. The monoisotopic (exact) mass is 527 g/mol. The first kappa shape index (κ1) is 26.0. The van der Waals surface area contributed by atoms with E-state index in [-0.39, 0.29) is 29.9 Å². The first-order valence-electron chi connectivity index (χ1n) is 9.87. The molecule has 6 nitrogen and oxygen atoms in total. The van der Waals surface area contributed by atoms with Crippen molar-refractivity contribution in [3.05, 3.63) is 59.2 Å². The standard InChI is InChI=1S/C23H33N3O3.HI/c1-17-10-11-19(22(14-17)29-13-12-27-4)16-26-23(24-3)25-15-18(2)20-8-6-7-9-21(20)28-5;/h6-11,14,18H,12-13,15-16H2,1-5H3,(H2,24,25,26);1H. The minimum atomic E-state index is 0. The van der Waals surface area contributed by atoms with Crippen molar-refractivity contribution in [1.82, 2.24) is 10.6 Å². The molecule has 0 aliphatic carbocycles. The summed E-state index contributed by atoms with van der Waals surface area (Å²) < 4.78 is 16.4. The van der Waals surface area contributed by atoms with Crippen molar-refractivity contribution >= 4 is 29.9 Å². The molecule has 0 radical (unpaired) electrons. The van der Waals surface area contributed by atoms with E-state index in [4.69, 9.17) is 14.2 Å². The lowest BCUT2D eigenvalue weighted by Crippen LogP contribution is -2.38. The normalized spacial score (nSPS) is 12.0. The average Bonchev–Trinajstić information content (AvgIpc) is 2.74. The molecule has 0 saturated heterocycles. The van der Waals surface area contributed by atoms with Crippen LogP contribution >= 0.6 is 24.0 Å². The van der Waals surface area contributed by atoms with E-state index in [1.54, 1.807) is 21.3 Å². The lowest BCUT2D eigenvalue weighted by molar-refractivity contribution is 0.145. The Kier molecular flexibility index (Phi) is 12.2. The zero-order valence-electron chi connectivity index (χ0n) is 18.5. The summed E-state index contributed by atoms with van der Waals surface area (Å²) in [6.07, 6.45) is 0. The van der Waals surface area contributed by atoms with Gasteiger partial charge in [-0.05, 0) is 30.2 Å². The number of hydrogen-bond acceptors (Lipinski definition) is 4. The lowest BCUT2D eigenvalue weighted by Gasteiger charge is -2.19. The Hall–Kier alpha value is -2.00. The number of methoxy groups -OCH3 is 2. The van der Waals surface area contributed by atoms with Crippen LogP contribution in [0.5, 0.6) is 11.5 Å². The van der Waals surface area contributed by atoms with E-state index in [0.717, 1.165) is 35.1 Å². The first-order valence-corrected chi connectivity index (χ1v) is 9.87. The molecular weight excluding hydrogens is 493 g/mol. The summed E-state index contributed by atoms with van der Waals surface area (Å²) in [5.74, 6) is 2.79. The highest BCUT2D eigenvalue weighted by Crippen LogP contribution is 2.25. The number of guanidine groups is 1. The van der Waals surface area contributed by atoms with Gasteiger partial charge in [0.25, 0.3) is 0 Å². The summed E-state index contributed by atoms with van der Waals surface area (Å²) in [7, 11) is 5.14. The van der Waals surface area contributed by atoms with Crippen molar-refractivity contribution in [1.29, 1.82) is 0 Å². The van der Waals surface area contributed by atoms with Gasteiger partial charge in [0, 0.05) is 38.7 Å². The largest absolute Gasteiger partial charge is 0.496 e. The van der Waals surface area contributed by atoms with Crippen LogP contribution in [0.15, 0.2) is 47.5 Å². The van der Waals surface area contributed by atoms with E-state index in [9.17, 15) is 0 Å². The summed E-state index contributed by atoms with van der Waals surface area (Å²) >= 11 is 0. The maximum absolute atomic E-state index is 5.87. The molecule has 30 heavy (non-hydrogen) atoms. The van der Waals surface area contributed by atoms with Crippen LogP contribution in [-0.4, -0.2) is 47.0 Å². The van der Waals surface area contributed by atoms with E-state index >= 15 is 0 Å². The van der Waals surface area contributed by atoms with Crippen molar-refractivity contribution in [2.75, 3.05) is 41.0 Å². The van der Waals surface area contributed by atoms with Gasteiger partial charge in [0.2, 0.25) is 0 Å². The molecule has 2 rings (SSSR count). The van der Waals surface area contributed by atoms with Crippen molar-refractivity contribution < 1.29 is 14.2 Å². The van der Waals surface area contributed by atoms with Gasteiger partial charge in [-0.3, -0.25) is 4.99 Å². The molecule has 1 unspecified atom stereocenters. The Labute approximate surface area is 197 Å². The Morgan fingerprint density at radius 3 is 2.50 bits per heavy atom. The number of nitrogens with one attached hydrogen (secondary N) is 2. The summed E-state index contributed by atoms with van der Waals surface area (Å²) in [4.78, 5) is 4.34. The van der Waals surface area contributed by atoms with E-state index in [0.29, 0.717) is 19.8 Å². The summed E-state index contributed by atoms with van der Waals surface area (Å²) in [6, 6.07) is 14.3. The van der Waals surface area contributed by atoms with Gasteiger partial charge in [-0.1, -0.05) is 37.3 Å².